The van der Waals surface area contributed by atoms with E-state index >= 15 is 0 Å². The lowest BCUT2D eigenvalue weighted by Crippen LogP contribution is -2.11. The zero-order chi connectivity index (χ0) is 20.0. The molecule has 0 spiro atoms. The average Bonchev–Trinajstić information content (AvgIpc) is 3.21. The molecule has 1 amide bonds. The molecular formula is C20H16FN5O2S. The number of carbonyl (C=O) groups excluding carboxylic acids is 1. The second-order valence-electron chi connectivity index (χ2n) is 7.15. The number of hydrogen-bond acceptors (Lipinski definition) is 5. The van der Waals surface area contributed by atoms with Crippen LogP contribution in [0.1, 0.15) is 19.3 Å². The van der Waals surface area contributed by atoms with Gasteiger partial charge in [-0.15, -0.1) is 0 Å². The monoisotopic (exact) mass is 409 g/mol. The van der Waals surface area contributed by atoms with Crippen LogP contribution in [0, 0.1) is 16.5 Å². The van der Waals surface area contributed by atoms with Crippen molar-refractivity contribution in [3.63, 3.8) is 0 Å². The van der Waals surface area contributed by atoms with Crippen LogP contribution in [-0.2, 0) is 4.79 Å². The smallest absolute Gasteiger partial charge is 0.260 e. The number of H-pyrrole nitrogens is 2. The first-order valence-electron chi connectivity index (χ1n) is 9.21. The maximum absolute atomic E-state index is 14.0. The summed E-state index contributed by atoms with van der Waals surface area (Å²) >= 11 is 5.09. The lowest BCUT2D eigenvalue weighted by atomic mass is 10.1. The van der Waals surface area contributed by atoms with Crippen molar-refractivity contribution in [2.45, 2.75) is 19.3 Å². The van der Waals surface area contributed by atoms with Gasteiger partial charge < -0.3 is 19.8 Å². The van der Waals surface area contributed by atoms with E-state index in [-0.39, 0.29) is 11.8 Å². The number of anilines is 1. The fraction of sp³-hybridized carbons (Fsp3) is 0.200. The maximum Gasteiger partial charge on any atom is 0.260 e. The minimum Gasteiger partial charge on any atom is -0.334 e. The van der Waals surface area contributed by atoms with Crippen LogP contribution in [-0.4, -0.2) is 26.0 Å². The maximum atomic E-state index is 14.0. The molecule has 2 aromatic carbocycles. The van der Waals surface area contributed by atoms with Gasteiger partial charge in [-0.1, -0.05) is 17.3 Å². The molecule has 7 nitrogen and oxygen atoms in total. The van der Waals surface area contributed by atoms with Crippen molar-refractivity contribution in [3.8, 4) is 22.8 Å². The Bertz CT molecular complexity index is 1290. The van der Waals surface area contributed by atoms with Crippen LogP contribution in [0.2, 0.25) is 0 Å². The zero-order valence-corrected chi connectivity index (χ0v) is 16.0. The Morgan fingerprint density at radius 3 is 2.97 bits per heavy atom. The minimum atomic E-state index is -0.446. The van der Waals surface area contributed by atoms with Crippen LogP contribution in [0.3, 0.4) is 0 Å². The molecule has 1 aliphatic carbocycles. The first-order valence-corrected chi connectivity index (χ1v) is 9.62. The highest BCUT2D eigenvalue weighted by Crippen LogP contribution is 2.33. The molecular weight excluding hydrogens is 393 g/mol. The number of amides is 1. The van der Waals surface area contributed by atoms with Crippen molar-refractivity contribution in [2.24, 2.45) is 5.92 Å². The second-order valence-corrected chi connectivity index (χ2v) is 7.56. The summed E-state index contributed by atoms with van der Waals surface area (Å²) in [5.74, 6) is 0.575. The Morgan fingerprint density at radius 2 is 2.14 bits per heavy atom. The van der Waals surface area contributed by atoms with Crippen LogP contribution in [0.5, 0.6) is 0 Å². The van der Waals surface area contributed by atoms with Gasteiger partial charge in [-0.25, -0.2) is 4.39 Å². The predicted octanol–water partition coefficient (Wildman–Crippen LogP) is 4.82. The number of carbonyl (C=O) groups is 1. The van der Waals surface area contributed by atoms with Gasteiger partial charge in [-0.2, -0.15) is 4.98 Å². The van der Waals surface area contributed by atoms with E-state index in [1.807, 2.05) is 18.2 Å². The van der Waals surface area contributed by atoms with E-state index in [4.69, 9.17) is 16.7 Å². The van der Waals surface area contributed by atoms with Crippen LogP contribution in [0.15, 0.2) is 40.9 Å². The molecule has 5 rings (SSSR count). The van der Waals surface area contributed by atoms with E-state index in [0.29, 0.717) is 50.8 Å². The number of nitrogens with zero attached hydrogens (tertiary/aromatic N) is 2. The van der Waals surface area contributed by atoms with Gasteiger partial charge >= 0.3 is 0 Å². The number of aromatic amines is 2. The normalized spacial score (nSPS) is 13.7. The molecule has 0 aliphatic heterocycles. The quantitative estimate of drug-likeness (QED) is 0.410. The number of halogens is 1. The van der Waals surface area contributed by atoms with Crippen molar-refractivity contribution >= 4 is 34.8 Å². The molecule has 2 aromatic heterocycles. The summed E-state index contributed by atoms with van der Waals surface area (Å²) in [6.07, 6.45) is 2.79. The van der Waals surface area contributed by atoms with Crippen molar-refractivity contribution in [1.82, 2.24) is 20.1 Å². The van der Waals surface area contributed by atoms with Gasteiger partial charge in [0.2, 0.25) is 11.7 Å². The van der Waals surface area contributed by atoms with Gasteiger partial charge in [-0.05, 0) is 55.2 Å². The largest absolute Gasteiger partial charge is 0.334 e. The number of hydrogen-bond donors (Lipinski definition) is 3. The molecule has 1 fully saturated rings. The molecule has 0 atom stereocenters. The van der Waals surface area contributed by atoms with E-state index in [1.165, 1.54) is 12.1 Å². The van der Waals surface area contributed by atoms with Crippen molar-refractivity contribution in [3.05, 3.63) is 47.0 Å². The Balaban J connectivity index is 1.45. The summed E-state index contributed by atoms with van der Waals surface area (Å²) in [7, 11) is 0. The van der Waals surface area contributed by atoms with E-state index in [1.54, 1.807) is 6.07 Å². The van der Waals surface area contributed by atoms with Crippen LogP contribution >= 0.6 is 12.2 Å². The number of fused-ring (bicyclic) bond motifs is 1. The third-order valence-corrected chi connectivity index (χ3v) is 5.03. The molecule has 1 saturated carbocycles. The number of nitrogens with one attached hydrogen (secondary N) is 3. The number of benzene rings is 2. The standard InChI is InChI=1S/C20H16FN5O2S/c21-12-8-14(17-15(9-12)23-20(29)24-17)19-25-18(26-28-19)11-2-1-3-13(7-11)22-16(27)6-10-4-5-10/h1-3,7-10H,4-6H2,(H,22,27)(H2,23,24,29). The van der Waals surface area contributed by atoms with E-state index < -0.39 is 5.82 Å². The van der Waals surface area contributed by atoms with Gasteiger partial charge in [-0.3, -0.25) is 4.79 Å². The van der Waals surface area contributed by atoms with Gasteiger partial charge in [0.25, 0.3) is 5.89 Å². The fourth-order valence-electron chi connectivity index (χ4n) is 3.26. The number of aromatic nitrogens is 4. The van der Waals surface area contributed by atoms with E-state index in [0.717, 1.165) is 12.8 Å². The highest BCUT2D eigenvalue weighted by molar-refractivity contribution is 7.71. The molecule has 146 valence electrons. The van der Waals surface area contributed by atoms with Crippen LogP contribution < -0.4 is 5.32 Å². The molecule has 3 N–H and O–H groups in total. The molecule has 4 aromatic rings. The third kappa shape index (κ3) is 3.68. The zero-order valence-electron chi connectivity index (χ0n) is 15.2. The summed E-state index contributed by atoms with van der Waals surface area (Å²) in [5.41, 5.74) is 2.87. The molecule has 0 saturated heterocycles. The highest BCUT2D eigenvalue weighted by Gasteiger charge is 2.24. The topological polar surface area (TPSA) is 99.6 Å². The Hall–Kier alpha value is -3.33. The molecule has 9 heteroatoms. The highest BCUT2D eigenvalue weighted by atomic mass is 32.1. The van der Waals surface area contributed by atoms with E-state index in [2.05, 4.69) is 25.4 Å². The molecule has 2 heterocycles. The summed E-state index contributed by atoms with van der Waals surface area (Å²) < 4.78 is 19.7. The van der Waals surface area contributed by atoms with Crippen molar-refractivity contribution in [1.29, 1.82) is 0 Å². The lowest BCUT2D eigenvalue weighted by Gasteiger charge is -2.05. The van der Waals surface area contributed by atoms with Gasteiger partial charge in [0.15, 0.2) is 4.77 Å². The molecule has 0 bridgehead atoms. The molecule has 0 radical (unpaired) electrons. The molecule has 0 unspecified atom stereocenters. The summed E-state index contributed by atoms with van der Waals surface area (Å²) in [4.78, 5) is 22.3. The lowest BCUT2D eigenvalue weighted by molar-refractivity contribution is -0.116. The second kappa shape index (κ2) is 6.93. The summed E-state index contributed by atoms with van der Waals surface area (Å²) in [6.45, 7) is 0. The van der Waals surface area contributed by atoms with Gasteiger partial charge in [0, 0.05) is 17.7 Å². The predicted molar refractivity (Wildman–Crippen MR) is 108 cm³/mol. The van der Waals surface area contributed by atoms with Gasteiger partial charge in [0.05, 0.1) is 16.6 Å². The number of rotatable bonds is 5. The Labute approximate surface area is 169 Å². The van der Waals surface area contributed by atoms with Crippen molar-refractivity contribution < 1.29 is 13.7 Å². The van der Waals surface area contributed by atoms with Crippen LogP contribution in [0.4, 0.5) is 10.1 Å². The van der Waals surface area contributed by atoms with Crippen molar-refractivity contribution in [2.75, 3.05) is 5.32 Å². The minimum absolute atomic E-state index is 0.00307. The Kier molecular flexibility index (Phi) is 4.24. The summed E-state index contributed by atoms with van der Waals surface area (Å²) in [5, 5.41) is 6.91. The molecule has 1 aliphatic rings. The average molecular weight is 409 g/mol. The first kappa shape index (κ1) is 17.7. The third-order valence-electron chi connectivity index (χ3n) is 4.82. The van der Waals surface area contributed by atoms with Crippen LogP contribution in [0.25, 0.3) is 33.9 Å². The fourth-order valence-corrected chi connectivity index (χ4v) is 3.47. The molecule has 29 heavy (non-hydrogen) atoms. The number of imidazole rings is 1. The summed E-state index contributed by atoms with van der Waals surface area (Å²) in [6, 6.07) is 9.87. The first-order chi connectivity index (χ1) is 14.0. The Morgan fingerprint density at radius 1 is 1.28 bits per heavy atom. The SMILES string of the molecule is O=C(CC1CC1)Nc1cccc(-c2noc(-c3cc(F)cc4[nH]c(=S)[nH]c34)n2)c1. The van der Waals surface area contributed by atoms with Gasteiger partial charge in [0.1, 0.15) is 5.82 Å². The van der Waals surface area contributed by atoms with E-state index in [9.17, 15) is 9.18 Å².